The first-order valence-corrected chi connectivity index (χ1v) is 6.17. The quantitative estimate of drug-likeness (QED) is 0.841. The fraction of sp³-hybridized carbons (Fsp3) is 0.400. The van der Waals surface area contributed by atoms with E-state index in [9.17, 15) is 5.26 Å². The second kappa shape index (κ2) is 7.17. The lowest BCUT2D eigenvalue weighted by Gasteiger charge is -2.25. The molecule has 1 rings (SSSR count). The van der Waals surface area contributed by atoms with Crippen LogP contribution in [0.5, 0.6) is 0 Å². The Morgan fingerprint density at radius 3 is 1.84 bits per heavy atom. The van der Waals surface area contributed by atoms with Crippen LogP contribution in [0.25, 0.3) is 0 Å². The molecule has 0 aliphatic heterocycles. The molecule has 4 heteroatoms. The highest BCUT2D eigenvalue weighted by Crippen LogP contribution is 2.33. The van der Waals surface area contributed by atoms with E-state index < -0.39 is 5.41 Å². The Bertz CT molecular complexity index is 507. The molecule has 1 aromatic rings. The normalized spacial score (nSPS) is 10.2. The van der Waals surface area contributed by atoms with Crippen molar-refractivity contribution in [3.05, 3.63) is 35.4 Å². The van der Waals surface area contributed by atoms with Gasteiger partial charge in [0.05, 0.1) is 23.6 Å². The first-order valence-electron chi connectivity index (χ1n) is 6.17. The van der Waals surface area contributed by atoms with E-state index in [-0.39, 0.29) is 0 Å². The minimum Gasteiger partial charge on any atom is -0.326 e. The molecule has 0 bridgehead atoms. The first kappa shape index (κ1) is 14.7. The van der Waals surface area contributed by atoms with Gasteiger partial charge in [0.25, 0.3) is 0 Å². The third-order valence-corrected chi connectivity index (χ3v) is 3.28. The Morgan fingerprint density at radius 1 is 0.947 bits per heavy atom. The molecule has 0 fully saturated rings. The summed E-state index contributed by atoms with van der Waals surface area (Å²) in [5.41, 5.74) is 6.65. The number of nitrogens with zero attached hydrogens (tertiary/aromatic N) is 3. The van der Waals surface area contributed by atoms with Gasteiger partial charge in [-0.2, -0.15) is 15.8 Å². The van der Waals surface area contributed by atoms with E-state index in [2.05, 4.69) is 18.2 Å². The minimum absolute atomic E-state index is 0.303. The molecule has 0 aliphatic carbocycles. The Morgan fingerprint density at radius 2 is 1.47 bits per heavy atom. The number of nitriles is 3. The van der Waals surface area contributed by atoms with Crippen LogP contribution in [0.1, 0.15) is 36.8 Å². The second-order valence-electron chi connectivity index (χ2n) is 4.41. The van der Waals surface area contributed by atoms with E-state index >= 15 is 0 Å². The van der Waals surface area contributed by atoms with Gasteiger partial charge >= 0.3 is 0 Å². The molecule has 1 aromatic carbocycles. The molecule has 0 heterocycles. The minimum atomic E-state index is -0.751. The van der Waals surface area contributed by atoms with Crippen molar-refractivity contribution in [2.45, 2.75) is 37.6 Å². The molecule has 0 aliphatic rings. The summed E-state index contributed by atoms with van der Waals surface area (Å²) in [6.45, 7) is 0.455. The molecular formula is C15H16N4. The van der Waals surface area contributed by atoms with E-state index in [1.807, 2.05) is 24.3 Å². The maximum Gasteiger partial charge on any atom is 0.0842 e. The van der Waals surface area contributed by atoms with Crippen LogP contribution in [0.4, 0.5) is 0 Å². The third-order valence-electron chi connectivity index (χ3n) is 3.28. The predicted molar refractivity (Wildman–Crippen MR) is 71.3 cm³/mol. The van der Waals surface area contributed by atoms with E-state index in [0.717, 1.165) is 11.1 Å². The number of nitrogens with two attached hydrogens (primary N) is 1. The molecular weight excluding hydrogens is 236 g/mol. The standard InChI is InChI=1S/C15H16N4/c16-9-1-7-15(12-19,8-2-10-17)14-5-3-13(11-18)4-6-14/h3-6H,1-2,7-8,11,18H2. The second-order valence-corrected chi connectivity index (χ2v) is 4.41. The molecule has 4 nitrogen and oxygen atoms in total. The summed E-state index contributed by atoms with van der Waals surface area (Å²) in [7, 11) is 0. The summed E-state index contributed by atoms with van der Waals surface area (Å²) < 4.78 is 0. The highest BCUT2D eigenvalue weighted by atomic mass is 14.5. The topological polar surface area (TPSA) is 97.4 Å². The van der Waals surface area contributed by atoms with Crippen molar-refractivity contribution in [3.63, 3.8) is 0 Å². The number of hydrogen-bond donors (Lipinski definition) is 1. The summed E-state index contributed by atoms with van der Waals surface area (Å²) in [6.07, 6.45) is 1.50. The zero-order valence-electron chi connectivity index (χ0n) is 10.8. The van der Waals surface area contributed by atoms with Gasteiger partial charge < -0.3 is 5.73 Å². The number of hydrogen-bond acceptors (Lipinski definition) is 4. The van der Waals surface area contributed by atoms with Gasteiger partial charge in [0, 0.05) is 19.4 Å². The lowest BCUT2D eigenvalue weighted by molar-refractivity contribution is 0.476. The van der Waals surface area contributed by atoms with Crippen LogP contribution in [0.2, 0.25) is 0 Å². The summed E-state index contributed by atoms with van der Waals surface area (Å²) in [4.78, 5) is 0. The Hall–Kier alpha value is -2.35. The predicted octanol–water partition coefficient (Wildman–Crippen LogP) is 2.51. The lowest BCUT2D eigenvalue weighted by Crippen LogP contribution is -2.24. The zero-order valence-corrected chi connectivity index (χ0v) is 10.8. The van der Waals surface area contributed by atoms with Crippen molar-refractivity contribution < 1.29 is 0 Å². The van der Waals surface area contributed by atoms with E-state index in [1.54, 1.807) is 0 Å². The van der Waals surface area contributed by atoms with Crippen molar-refractivity contribution in [1.82, 2.24) is 0 Å². The highest BCUT2D eigenvalue weighted by Gasteiger charge is 2.31. The summed E-state index contributed by atoms with van der Waals surface area (Å²) in [5, 5.41) is 27.0. The molecule has 0 spiro atoms. The third kappa shape index (κ3) is 3.55. The van der Waals surface area contributed by atoms with E-state index in [4.69, 9.17) is 16.3 Å². The van der Waals surface area contributed by atoms with Crippen molar-refractivity contribution in [1.29, 1.82) is 15.8 Å². The molecule has 0 amide bonds. The molecule has 0 saturated heterocycles. The molecule has 0 radical (unpaired) electrons. The molecule has 0 aromatic heterocycles. The number of rotatable bonds is 6. The molecule has 19 heavy (non-hydrogen) atoms. The van der Waals surface area contributed by atoms with Gasteiger partial charge in [-0.25, -0.2) is 0 Å². The maximum atomic E-state index is 9.52. The number of benzene rings is 1. The van der Waals surface area contributed by atoms with Crippen molar-refractivity contribution in [3.8, 4) is 18.2 Å². The van der Waals surface area contributed by atoms with Crippen LogP contribution in [0.3, 0.4) is 0 Å². The summed E-state index contributed by atoms with van der Waals surface area (Å²) in [6, 6.07) is 14.0. The monoisotopic (exact) mass is 252 g/mol. The molecule has 2 N–H and O–H groups in total. The summed E-state index contributed by atoms with van der Waals surface area (Å²) >= 11 is 0. The molecule has 0 atom stereocenters. The van der Waals surface area contributed by atoms with Gasteiger partial charge in [0.2, 0.25) is 0 Å². The Labute approximate surface area is 113 Å². The van der Waals surface area contributed by atoms with Crippen LogP contribution in [0, 0.1) is 34.0 Å². The van der Waals surface area contributed by atoms with Gasteiger partial charge in [-0.15, -0.1) is 0 Å². The lowest BCUT2D eigenvalue weighted by atomic mass is 9.74. The largest absolute Gasteiger partial charge is 0.326 e. The van der Waals surface area contributed by atoms with Gasteiger partial charge in [0.1, 0.15) is 0 Å². The Kier molecular flexibility index (Phi) is 5.55. The van der Waals surface area contributed by atoms with Crippen LogP contribution in [-0.4, -0.2) is 0 Å². The summed E-state index contributed by atoms with van der Waals surface area (Å²) in [5.74, 6) is 0. The van der Waals surface area contributed by atoms with Crippen molar-refractivity contribution in [2.24, 2.45) is 5.73 Å². The van der Waals surface area contributed by atoms with Crippen molar-refractivity contribution in [2.75, 3.05) is 0 Å². The van der Waals surface area contributed by atoms with Crippen LogP contribution in [-0.2, 0) is 12.0 Å². The van der Waals surface area contributed by atoms with Crippen LogP contribution in [0.15, 0.2) is 24.3 Å². The first-order chi connectivity index (χ1) is 9.22. The molecule has 0 saturated carbocycles. The fourth-order valence-electron chi connectivity index (χ4n) is 2.09. The smallest absolute Gasteiger partial charge is 0.0842 e. The fourth-order valence-corrected chi connectivity index (χ4v) is 2.09. The van der Waals surface area contributed by atoms with E-state index in [0.29, 0.717) is 32.2 Å². The maximum absolute atomic E-state index is 9.52. The van der Waals surface area contributed by atoms with Crippen LogP contribution >= 0.6 is 0 Å². The van der Waals surface area contributed by atoms with E-state index in [1.165, 1.54) is 0 Å². The Balaban J connectivity index is 3.09. The van der Waals surface area contributed by atoms with Gasteiger partial charge in [-0.3, -0.25) is 0 Å². The average Bonchev–Trinajstić information content (AvgIpc) is 2.48. The van der Waals surface area contributed by atoms with Gasteiger partial charge in [-0.1, -0.05) is 24.3 Å². The average molecular weight is 252 g/mol. The SMILES string of the molecule is N#CCCC(C#N)(CCC#N)c1ccc(CN)cc1. The highest BCUT2D eigenvalue weighted by molar-refractivity contribution is 5.35. The molecule has 0 unspecified atom stereocenters. The zero-order chi connectivity index (χ0) is 14.1. The van der Waals surface area contributed by atoms with Crippen LogP contribution < -0.4 is 5.73 Å². The molecule has 96 valence electrons. The van der Waals surface area contributed by atoms with Gasteiger partial charge in [0.15, 0.2) is 0 Å². The van der Waals surface area contributed by atoms with Crippen molar-refractivity contribution >= 4 is 0 Å². The van der Waals surface area contributed by atoms with Gasteiger partial charge in [-0.05, 0) is 24.0 Å².